The maximum absolute atomic E-state index is 12.0. The van der Waals surface area contributed by atoms with Gasteiger partial charge in [0.15, 0.2) is 0 Å². The van der Waals surface area contributed by atoms with Gasteiger partial charge in [-0.15, -0.1) is 0 Å². The third kappa shape index (κ3) is 2.90. The van der Waals surface area contributed by atoms with E-state index in [-0.39, 0.29) is 17.1 Å². The molecular formula is C12H14N2O3. The van der Waals surface area contributed by atoms with Crippen molar-refractivity contribution in [2.75, 3.05) is 11.9 Å². The summed E-state index contributed by atoms with van der Waals surface area (Å²) in [5.41, 5.74) is 0.879. The molecule has 0 aliphatic rings. The molecule has 0 spiro atoms. The summed E-state index contributed by atoms with van der Waals surface area (Å²) in [6.45, 7) is 2.91. The number of rotatable bonds is 3. The molecule has 5 heteroatoms. The summed E-state index contributed by atoms with van der Waals surface area (Å²) in [6.07, 6.45) is 3.15. The van der Waals surface area contributed by atoms with E-state index in [1.807, 2.05) is 0 Å². The first-order valence-corrected chi connectivity index (χ1v) is 5.04. The van der Waals surface area contributed by atoms with Crippen LogP contribution < -0.4 is 4.90 Å². The smallest absolute Gasteiger partial charge is 0.331 e. The van der Waals surface area contributed by atoms with Gasteiger partial charge in [0.25, 0.3) is 5.91 Å². The molecule has 0 saturated carbocycles. The summed E-state index contributed by atoms with van der Waals surface area (Å²) in [6, 6.07) is 3.44. The molecule has 0 bridgehead atoms. The summed E-state index contributed by atoms with van der Waals surface area (Å²) in [5.74, 6) is -1.44. The van der Waals surface area contributed by atoms with Crippen molar-refractivity contribution in [3.63, 3.8) is 0 Å². The van der Waals surface area contributed by atoms with Gasteiger partial charge in [0, 0.05) is 24.4 Å². The van der Waals surface area contributed by atoms with Crippen LogP contribution in [-0.2, 0) is 9.59 Å². The van der Waals surface area contributed by atoms with Gasteiger partial charge in [-0.2, -0.15) is 0 Å². The predicted octanol–water partition coefficient (Wildman–Crippen LogP) is 1.47. The molecule has 0 aliphatic heterocycles. The fourth-order valence-electron chi connectivity index (χ4n) is 1.24. The number of pyridine rings is 1. The molecule has 0 unspecified atom stereocenters. The molecule has 1 heterocycles. The molecule has 0 saturated heterocycles. The van der Waals surface area contributed by atoms with Crippen LogP contribution in [0.15, 0.2) is 35.7 Å². The van der Waals surface area contributed by atoms with Gasteiger partial charge in [0.05, 0.1) is 11.9 Å². The van der Waals surface area contributed by atoms with Gasteiger partial charge < -0.3 is 10.0 Å². The minimum Gasteiger partial charge on any atom is -0.478 e. The van der Waals surface area contributed by atoms with Crippen molar-refractivity contribution in [2.45, 2.75) is 13.8 Å². The molecular weight excluding hydrogens is 220 g/mol. The number of carboxylic acid groups (broad SMARTS) is 1. The Labute approximate surface area is 99.4 Å². The molecule has 90 valence electrons. The maximum atomic E-state index is 12.0. The van der Waals surface area contributed by atoms with Crippen LogP contribution >= 0.6 is 0 Å². The summed E-state index contributed by atoms with van der Waals surface area (Å²) in [4.78, 5) is 28.0. The molecule has 0 aliphatic carbocycles. The Kier molecular flexibility index (Phi) is 3.98. The Balaban J connectivity index is 3.00. The van der Waals surface area contributed by atoms with Crippen LogP contribution in [0.1, 0.15) is 13.8 Å². The highest BCUT2D eigenvalue weighted by molar-refractivity contribution is 6.09. The second-order valence-electron chi connectivity index (χ2n) is 3.63. The van der Waals surface area contributed by atoms with E-state index in [0.717, 1.165) is 0 Å². The zero-order valence-electron chi connectivity index (χ0n) is 9.97. The third-order valence-corrected chi connectivity index (χ3v) is 2.54. The van der Waals surface area contributed by atoms with Crippen LogP contribution in [0.4, 0.5) is 5.69 Å². The first-order chi connectivity index (χ1) is 7.95. The van der Waals surface area contributed by atoms with Crippen molar-refractivity contribution < 1.29 is 14.7 Å². The van der Waals surface area contributed by atoms with E-state index in [1.165, 1.54) is 18.7 Å². The number of likely N-dealkylation sites (N-methyl/N-ethyl adjacent to an activating group) is 1. The Morgan fingerprint density at radius 3 is 2.41 bits per heavy atom. The monoisotopic (exact) mass is 234 g/mol. The van der Waals surface area contributed by atoms with E-state index in [4.69, 9.17) is 5.11 Å². The number of aliphatic carboxylic acids is 1. The highest BCUT2D eigenvalue weighted by atomic mass is 16.4. The number of hydrogen-bond acceptors (Lipinski definition) is 3. The van der Waals surface area contributed by atoms with Crippen molar-refractivity contribution in [3.05, 3.63) is 35.7 Å². The normalized spacial score (nSPS) is 11.7. The minimum absolute atomic E-state index is 0.0470. The van der Waals surface area contributed by atoms with Gasteiger partial charge in [-0.05, 0) is 26.0 Å². The molecule has 0 radical (unpaired) electrons. The van der Waals surface area contributed by atoms with Gasteiger partial charge in [0.1, 0.15) is 0 Å². The largest absolute Gasteiger partial charge is 0.478 e. The van der Waals surface area contributed by atoms with Gasteiger partial charge >= 0.3 is 5.97 Å². The molecule has 1 amide bonds. The number of carbonyl (C=O) groups is 2. The molecule has 1 N–H and O–H groups in total. The Morgan fingerprint density at radius 1 is 1.29 bits per heavy atom. The highest BCUT2D eigenvalue weighted by Crippen LogP contribution is 2.14. The van der Waals surface area contributed by atoms with Crippen molar-refractivity contribution in [2.24, 2.45) is 0 Å². The van der Waals surface area contributed by atoms with Crippen LogP contribution in [0.2, 0.25) is 0 Å². The van der Waals surface area contributed by atoms with Crippen molar-refractivity contribution in [1.82, 2.24) is 4.98 Å². The van der Waals surface area contributed by atoms with Gasteiger partial charge in [0.2, 0.25) is 0 Å². The fourth-order valence-corrected chi connectivity index (χ4v) is 1.24. The quantitative estimate of drug-likeness (QED) is 0.804. The lowest BCUT2D eigenvalue weighted by Gasteiger charge is -2.17. The fraction of sp³-hybridized carbons (Fsp3) is 0.250. The van der Waals surface area contributed by atoms with Crippen LogP contribution in [0, 0.1) is 0 Å². The number of hydrogen-bond donors (Lipinski definition) is 1. The molecule has 1 aromatic heterocycles. The Hall–Kier alpha value is -2.17. The molecule has 0 fully saturated rings. The van der Waals surface area contributed by atoms with E-state index < -0.39 is 5.97 Å². The summed E-state index contributed by atoms with van der Waals surface area (Å²) in [5, 5.41) is 8.81. The minimum atomic E-state index is -1.09. The number of amides is 1. The van der Waals surface area contributed by atoms with E-state index in [0.29, 0.717) is 5.69 Å². The van der Waals surface area contributed by atoms with Gasteiger partial charge in [-0.1, -0.05) is 0 Å². The first-order valence-electron chi connectivity index (χ1n) is 5.04. The first kappa shape index (κ1) is 12.9. The van der Waals surface area contributed by atoms with Crippen molar-refractivity contribution >= 4 is 17.6 Å². The van der Waals surface area contributed by atoms with Crippen molar-refractivity contribution in [3.8, 4) is 0 Å². The molecule has 0 atom stereocenters. The van der Waals surface area contributed by atoms with E-state index in [9.17, 15) is 9.59 Å². The average Bonchev–Trinajstić information content (AvgIpc) is 2.36. The number of nitrogens with zero attached hydrogens (tertiary/aromatic N) is 2. The Bertz CT molecular complexity index is 466. The van der Waals surface area contributed by atoms with E-state index >= 15 is 0 Å². The lowest BCUT2D eigenvalue weighted by atomic mass is 10.1. The number of anilines is 1. The number of carbonyl (C=O) groups excluding carboxylic acids is 1. The van der Waals surface area contributed by atoms with Crippen molar-refractivity contribution in [1.29, 1.82) is 0 Å². The third-order valence-electron chi connectivity index (χ3n) is 2.54. The summed E-state index contributed by atoms with van der Waals surface area (Å²) < 4.78 is 0. The summed E-state index contributed by atoms with van der Waals surface area (Å²) in [7, 11) is 1.58. The maximum Gasteiger partial charge on any atom is 0.331 e. The van der Waals surface area contributed by atoms with E-state index in [2.05, 4.69) is 4.98 Å². The lowest BCUT2D eigenvalue weighted by Crippen LogP contribution is -2.28. The molecule has 5 nitrogen and oxygen atoms in total. The van der Waals surface area contributed by atoms with Gasteiger partial charge in [-0.25, -0.2) is 4.79 Å². The second kappa shape index (κ2) is 5.25. The van der Waals surface area contributed by atoms with Crippen LogP contribution in [-0.4, -0.2) is 29.0 Å². The number of aromatic nitrogens is 1. The van der Waals surface area contributed by atoms with Crippen LogP contribution in [0.3, 0.4) is 0 Å². The zero-order chi connectivity index (χ0) is 13.0. The average molecular weight is 234 g/mol. The van der Waals surface area contributed by atoms with Crippen LogP contribution in [0.25, 0.3) is 0 Å². The molecule has 1 aromatic rings. The number of carboxylic acids is 1. The molecule has 0 aromatic carbocycles. The predicted molar refractivity (Wildman–Crippen MR) is 63.7 cm³/mol. The molecule has 1 rings (SSSR count). The van der Waals surface area contributed by atoms with E-state index in [1.54, 1.807) is 31.6 Å². The second-order valence-corrected chi connectivity index (χ2v) is 3.63. The topological polar surface area (TPSA) is 70.5 Å². The van der Waals surface area contributed by atoms with Gasteiger partial charge in [-0.3, -0.25) is 9.78 Å². The summed E-state index contributed by atoms with van der Waals surface area (Å²) >= 11 is 0. The lowest BCUT2D eigenvalue weighted by molar-refractivity contribution is -0.133. The SMILES string of the molecule is CC(C(=O)O)=C(C)C(=O)N(C)c1cccnc1. The standard InChI is InChI=1S/C12H14N2O3/c1-8(9(2)12(16)17)11(15)14(3)10-5-4-6-13-7-10/h4-7H,1-3H3,(H,16,17). The zero-order valence-corrected chi connectivity index (χ0v) is 9.97. The molecule has 17 heavy (non-hydrogen) atoms. The highest BCUT2D eigenvalue weighted by Gasteiger charge is 2.17. The van der Waals surface area contributed by atoms with Crippen LogP contribution in [0.5, 0.6) is 0 Å². The Morgan fingerprint density at radius 2 is 1.94 bits per heavy atom.